The Balaban J connectivity index is 1.89. The predicted octanol–water partition coefficient (Wildman–Crippen LogP) is 2.17. The number of hydrogen-bond acceptors (Lipinski definition) is 3. The number of aryl methyl sites for hydroxylation is 1. The van der Waals surface area contributed by atoms with E-state index in [4.69, 9.17) is 5.73 Å². The van der Waals surface area contributed by atoms with E-state index in [-0.39, 0.29) is 5.91 Å². The molecule has 0 fully saturated rings. The molecule has 0 atom stereocenters. The van der Waals surface area contributed by atoms with Gasteiger partial charge in [0, 0.05) is 25.0 Å². The highest BCUT2D eigenvalue weighted by molar-refractivity contribution is 5.93. The van der Waals surface area contributed by atoms with Gasteiger partial charge in [0.1, 0.15) is 5.69 Å². The molecule has 1 aromatic carbocycles. The molecular weight excluding hydrogens is 250 g/mol. The number of carbonyl (C=O) groups excluding carboxylic acids is 1. The lowest BCUT2D eigenvalue weighted by atomic mass is 9.98. The zero-order valence-corrected chi connectivity index (χ0v) is 11.5. The largest absolute Gasteiger partial charge is 0.398 e. The molecule has 1 amide bonds. The van der Waals surface area contributed by atoms with Crippen molar-refractivity contribution in [2.45, 2.75) is 19.9 Å². The van der Waals surface area contributed by atoms with E-state index in [0.29, 0.717) is 18.8 Å². The van der Waals surface area contributed by atoms with Crippen LogP contribution in [0.3, 0.4) is 0 Å². The van der Waals surface area contributed by atoms with Gasteiger partial charge >= 0.3 is 0 Å². The third-order valence-corrected chi connectivity index (χ3v) is 3.81. The van der Waals surface area contributed by atoms with Crippen molar-refractivity contribution in [3.05, 3.63) is 58.9 Å². The second-order valence-corrected chi connectivity index (χ2v) is 5.13. The molecule has 0 aliphatic carbocycles. The summed E-state index contributed by atoms with van der Waals surface area (Å²) in [4.78, 5) is 18.6. The number of hydrogen-bond donors (Lipinski definition) is 1. The molecule has 0 radical (unpaired) electrons. The number of anilines is 1. The van der Waals surface area contributed by atoms with Crippen LogP contribution in [0.15, 0.2) is 36.5 Å². The maximum Gasteiger partial charge on any atom is 0.273 e. The SMILES string of the molecule is Cc1cccnc1C(=O)N1CCc2cccc(N)c2C1. The van der Waals surface area contributed by atoms with Crippen LogP contribution in [0, 0.1) is 6.92 Å². The fraction of sp³-hybridized carbons (Fsp3) is 0.250. The van der Waals surface area contributed by atoms with E-state index in [9.17, 15) is 4.79 Å². The Hall–Kier alpha value is -2.36. The first kappa shape index (κ1) is 12.7. The molecule has 20 heavy (non-hydrogen) atoms. The fourth-order valence-corrected chi connectivity index (χ4v) is 2.64. The number of aromatic nitrogens is 1. The monoisotopic (exact) mass is 267 g/mol. The summed E-state index contributed by atoms with van der Waals surface area (Å²) >= 11 is 0. The molecule has 2 heterocycles. The number of rotatable bonds is 1. The zero-order chi connectivity index (χ0) is 14.1. The molecular formula is C16H17N3O. The minimum atomic E-state index is -0.0167. The number of amides is 1. The number of fused-ring (bicyclic) bond motifs is 1. The van der Waals surface area contributed by atoms with Crippen LogP contribution in [0.1, 0.15) is 27.2 Å². The average Bonchev–Trinajstić information content (AvgIpc) is 2.47. The molecule has 0 unspecified atom stereocenters. The van der Waals surface area contributed by atoms with Gasteiger partial charge in [-0.3, -0.25) is 9.78 Å². The third-order valence-electron chi connectivity index (χ3n) is 3.81. The number of benzene rings is 1. The van der Waals surface area contributed by atoms with Crippen molar-refractivity contribution in [3.63, 3.8) is 0 Å². The van der Waals surface area contributed by atoms with Gasteiger partial charge in [0.25, 0.3) is 5.91 Å². The van der Waals surface area contributed by atoms with Crippen molar-refractivity contribution in [2.24, 2.45) is 0 Å². The number of pyridine rings is 1. The summed E-state index contributed by atoms with van der Waals surface area (Å²) in [5.41, 5.74) is 10.5. The third kappa shape index (κ3) is 2.13. The van der Waals surface area contributed by atoms with E-state index in [2.05, 4.69) is 11.1 Å². The van der Waals surface area contributed by atoms with Crippen LogP contribution in [-0.2, 0) is 13.0 Å². The van der Waals surface area contributed by atoms with Gasteiger partial charge in [-0.05, 0) is 42.2 Å². The van der Waals surface area contributed by atoms with Gasteiger partial charge in [0.05, 0.1) is 0 Å². The van der Waals surface area contributed by atoms with Crippen LogP contribution in [-0.4, -0.2) is 22.3 Å². The Morgan fingerprint density at radius 3 is 2.95 bits per heavy atom. The van der Waals surface area contributed by atoms with E-state index < -0.39 is 0 Å². The second kappa shape index (κ2) is 4.96. The first-order valence-corrected chi connectivity index (χ1v) is 6.74. The quantitative estimate of drug-likeness (QED) is 0.806. The highest BCUT2D eigenvalue weighted by Crippen LogP contribution is 2.25. The number of nitrogens with zero attached hydrogens (tertiary/aromatic N) is 2. The van der Waals surface area contributed by atoms with Crippen molar-refractivity contribution >= 4 is 11.6 Å². The predicted molar refractivity (Wildman–Crippen MR) is 78.3 cm³/mol. The molecule has 3 rings (SSSR count). The lowest BCUT2D eigenvalue weighted by molar-refractivity contribution is 0.0728. The minimum absolute atomic E-state index is 0.0167. The highest BCUT2D eigenvalue weighted by Gasteiger charge is 2.24. The lowest BCUT2D eigenvalue weighted by Gasteiger charge is -2.29. The molecule has 0 saturated heterocycles. The average molecular weight is 267 g/mol. The van der Waals surface area contributed by atoms with E-state index in [0.717, 1.165) is 23.2 Å². The number of nitrogen functional groups attached to an aromatic ring is 1. The molecule has 0 bridgehead atoms. The highest BCUT2D eigenvalue weighted by atomic mass is 16.2. The minimum Gasteiger partial charge on any atom is -0.398 e. The van der Waals surface area contributed by atoms with Crippen molar-refractivity contribution in [2.75, 3.05) is 12.3 Å². The van der Waals surface area contributed by atoms with Gasteiger partial charge in [-0.15, -0.1) is 0 Å². The maximum atomic E-state index is 12.6. The zero-order valence-electron chi connectivity index (χ0n) is 11.5. The van der Waals surface area contributed by atoms with Gasteiger partial charge in [0.2, 0.25) is 0 Å². The van der Waals surface area contributed by atoms with Gasteiger partial charge in [-0.2, -0.15) is 0 Å². The summed E-state index contributed by atoms with van der Waals surface area (Å²) in [5.74, 6) is -0.0167. The molecule has 1 aromatic heterocycles. The number of carbonyl (C=O) groups is 1. The van der Waals surface area contributed by atoms with E-state index in [1.54, 1.807) is 6.20 Å². The maximum absolute atomic E-state index is 12.6. The molecule has 1 aliphatic rings. The van der Waals surface area contributed by atoms with Crippen LogP contribution in [0.25, 0.3) is 0 Å². The fourth-order valence-electron chi connectivity index (χ4n) is 2.64. The van der Waals surface area contributed by atoms with Crippen molar-refractivity contribution < 1.29 is 4.79 Å². The van der Waals surface area contributed by atoms with Crippen molar-refractivity contribution in [1.82, 2.24) is 9.88 Å². The molecule has 2 N–H and O–H groups in total. The first-order valence-electron chi connectivity index (χ1n) is 6.74. The number of nitrogens with two attached hydrogens (primary N) is 1. The Morgan fingerprint density at radius 1 is 1.30 bits per heavy atom. The van der Waals surface area contributed by atoms with Crippen LogP contribution in [0.5, 0.6) is 0 Å². The van der Waals surface area contributed by atoms with E-state index in [1.807, 2.05) is 36.1 Å². The van der Waals surface area contributed by atoms with Gasteiger partial charge in [-0.25, -0.2) is 0 Å². The summed E-state index contributed by atoms with van der Waals surface area (Å²) in [7, 11) is 0. The summed E-state index contributed by atoms with van der Waals surface area (Å²) in [6, 6.07) is 9.69. The van der Waals surface area contributed by atoms with Crippen LogP contribution < -0.4 is 5.73 Å². The van der Waals surface area contributed by atoms with Gasteiger partial charge in [0.15, 0.2) is 0 Å². The Kier molecular flexibility index (Phi) is 3.14. The van der Waals surface area contributed by atoms with Crippen LogP contribution >= 0.6 is 0 Å². The molecule has 102 valence electrons. The Labute approximate surface area is 118 Å². The summed E-state index contributed by atoms with van der Waals surface area (Å²) in [6.07, 6.45) is 2.50. The van der Waals surface area contributed by atoms with Crippen molar-refractivity contribution in [3.8, 4) is 0 Å². The van der Waals surface area contributed by atoms with E-state index in [1.165, 1.54) is 5.56 Å². The standard InChI is InChI=1S/C16H17N3O/c1-11-4-3-8-18-15(11)16(20)19-9-7-12-5-2-6-14(17)13(12)10-19/h2-6,8H,7,9-10,17H2,1H3. The molecule has 0 saturated carbocycles. The molecule has 0 spiro atoms. The van der Waals surface area contributed by atoms with Gasteiger partial charge < -0.3 is 10.6 Å². The van der Waals surface area contributed by atoms with E-state index >= 15 is 0 Å². The smallest absolute Gasteiger partial charge is 0.273 e. The molecule has 1 aliphatic heterocycles. The lowest BCUT2D eigenvalue weighted by Crippen LogP contribution is -2.37. The summed E-state index contributed by atoms with van der Waals surface area (Å²) in [6.45, 7) is 3.19. The van der Waals surface area contributed by atoms with Crippen LogP contribution in [0.2, 0.25) is 0 Å². The Morgan fingerprint density at radius 2 is 2.15 bits per heavy atom. The van der Waals surface area contributed by atoms with Crippen molar-refractivity contribution in [1.29, 1.82) is 0 Å². The molecule has 4 nitrogen and oxygen atoms in total. The van der Waals surface area contributed by atoms with Crippen LogP contribution in [0.4, 0.5) is 5.69 Å². The summed E-state index contributed by atoms with van der Waals surface area (Å²) in [5, 5.41) is 0. The summed E-state index contributed by atoms with van der Waals surface area (Å²) < 4.78 is 0. The topological polar surface area (TPSA) is 59.2 Å². The first-order chi connectivity index (χ1) is 9.66. The molecule has 4 heteroatoms. The van der Waals surface area contributed by atoms with Gasteiger partial charge in [-0.1, -0.05) is 18.2 Å². The second-order valence-electron chi connectivity index (χ2n) is 5.13. The molecule has 2 aromatic rings. The Bertz CT molecular complexity index is 667. The normalized spacial score (nSPS) is 13.9.